The third kappa shape index (κ3) is 3.27. The molecule has 0 radical (unpaired) electrons. The van der Waals surface area contributed by atoms with Crippen LogP contribution in [0.1, 0.15) is 51.9 Å². The number of rotatable bonds is 5. The van der Waals surface area contributed by atoms with Gasteiger partial charge in [-0.1, -0.05) is 12.8 Å². The second kappa shape index (κ2) is 7.09. The van der Waals surface area contributed by atoms with Gasteiger partial charge in [0, 0.05) is 6.54 Å². The summed E-state index contributed by atoms with van der Waals surface area (Å²) in [6, 6.07) is -1.19. The first-order valence-corrected chi connectivity index (χ1v) is 9.18. The normalized spacial score (nSPS) is 27.4. The van der Waals surface area contributed by atoms with Crippen molar-refractivity contribution in [1.82, 2.24) is 20.9 Å². The molecule has 1 spiro atoms. The third-order valence-corrected chi connectivity index (χ3v) is 5.67. The zero-order chi connectivity index (χ0) is 17.2. The van der Waals surface area contributed by atoms with E-state index < -0.39 is 17.6 Å². The molecule has 1 aliphatic carbocycles. The van der Waals surface area contributed by atoms with E-state index in [0.717, 1.165) is 37.3 Å². The molecule has 1 saturated carbocycles. The van der Waals surface area contributed by atoms with Gasteiger partial charge in [0.25, 0.3) is 5.91 Å². The number of amides is 4. The fourth-order valence-electron chi connectivity index (χ4n) is 4.15. The molecule has 3 aliphatic rings. The summed E-state index contributed by atoms with van der Waals surface area (Å²) in [5.41, 5.74) is -0.751. The number of nitrogens with zero attached hydrogens (tertiary/aromatic N) is 1. The maximum Gasteiger partial charge on any atom is 0.325 e. The molecule has 0 aromatic heterocycles. The Labute approximate surface area is 142 Å². The van der Waals surface area contributed by atoms with Crippen molar-refractivity contribution in [3.05, 3.63) is 0 Å². The first-order valence-electron chi connectivity index (χ1n) is 9.18. The summed E-state index contributed by atoms with van der Waals surface area (Å²) in [5, 5.41) is 9.07. The summed E-state index contributed by atoms with van der Waals surface area (Å²) >= 11 is 0. The van der Waals surface area contributed by atoms with E-state index in [1.54, 1.807) is 6.92 Å². The monoisotopic (exact) mass is 336 g/mol. The van der Waals surface area contributed by atoms with E-state index in [1.807, 2.05) is 0 Å². The van der Waals surface area contributed by atoms with Crippen LogP contribution in [-0.2, 0) is 9.59 Å². The van der Waals surface area contributed by atoms with Gasteiger partial charge in [0.15, 0.2) is 0 Å². The number of hydrogen-bond donors (Lipinski definition) is 3. The lowest BCUT2D eigenvalue weighted by Gasteiger charge is -2.25. The molecular formula is C17H28N4O3. The lowest BCUT2D eigenvalue weighted by molar-refractivity contribution is -0.137. The van der Waals surface area contributed by atoms with Crippen LogP contribution < -0.4 is 16.0 Å². The Hall–Kier alpha value is -1.63. The molecule has 7 heteroatoms. The van der Waals surface area contributed by atoms with E-state index in [4.69, 9.17) is 0 Å². The quantitative estimate of drug-likeness (QED) is 0.646. The lowest BCUT2D eigenvalue weighted by atomic mass is 9.96. The first-order chi connectivity index (χ1) is 11.5. The molecular weight excluding hydrogens is 308 g/mol. The molecule has 24 heavy (non-hydrogen) atoms. The van der Waals surface area contributed by atoms with Crippen molar-refractivity contribution in [3.63, 3.8) is 0 Å². The summed E-state index contributed by atoms with van der Waals surface area (Å²) in [6.45, 7) is 4.29. The smallest absolute Gasteiger partial charge is 0.325 e. The average molecular weight is 336 g/mol. The Bertz CT molecular complexity index is 510. The SMILES string of the molecule is CC(C(=O)NCCC1CCCNC1)N1C(=O)NC2(CCCC2)C1=O. The van der Waals surface area contributed by atoms with Crippen LogP contribution in [0.15, 0.2) is 0 Å². The molecule has 2 unspecified atom stereocenters. The number of imide groups is 1. The van der Waals surface area contributed by atoms with Crippen molar-refractivity contribution in [1.29, 1.82) is 0 Å². The summed E-state index contributed by atoms with van der Waals surface area (Å²) in [7, 11) is 0. The predicted molar refractivity (Wildman–Crippen MR) is 89.3 cm³/mol. The van der Waals surface area contributed by atoms with Crippen molar-refractivity contribution in [3.8, 4) is 0 Å². The summed E-state index contributed by atoms with van der Waals surface area (Å²) in [4.78, 5) is 38.4. The Balaban J connectivity index is 1.51. The topological polar surface area (TPSA) is 90.5 Å². The van der Waals surface area contributed by atoms with Gasteiger partial charge in [0.2, 0.25) is 5.91 Å². The van der Waals surface area contributed by atoms with Gasteiger partial charge in [-0.25, -0.2) is 9.69 Å². The Morgan fingerprint density at radius 1 is 1.33 bits per heavy atom. The van der Waals surface area contributed by atoms with Crippen LogP contribution >= 0.6 is 0 Å². The fourth-order valence-corrected chi connectivity index (χ4v) is 4.15. The van der Waals surface area contributed by atoms with Crippen LogP contribution in [0.3, 0.4) is 0 Å². The molecule has 7 nitrogen and oxygen atoms in total. The molecule has 2 heterocycles. The van der Waals surface area contributed by atoms with Gasteiger partial charge >= 0.3 is 6.03 Å². The van der Waals surface area contributed by atoms with Crippen LogP contribution in [0.4, 0.5) is 4.79 Å². The van der Waals surface area contributed by atoms with Gasteiger partial charge < -0.3 is 16.0 Å². The van der Waals surface area contributed by atoms with Crippen molar-refractivity contribution >= 4 is 17.8 Å². The first kappa shape index (κ1) is 17.2. The van der Waals surface area contributed by atoms with Gasteiger partial charge in [-0.2, -0.15) is 0 Å². The minimum Gasteiger partial charge on any atom is -0.354 e. The van der Waals surface area contributed by atoms with Gasteiger partial charge in [-0.05, 0) is 58.0 Å². The van der Waals surface area contributed by atoms with Crippen LogP contribution in [0.25, 0.3) is 0 Å². The minimum absolute atomic E-state index is 0.232. The highest BCUT2D eigenvalue weighted by molar-refractivity contribution is 6.09. The highest BCUT2D eigenvalue weighted by Gasteiger charge is 2.54. The van der Waals surface area contributed by atoms with Crippen molar-refractivity contribution in [2.24, 2.45) is 5.92 Å². The Morgan fingerprint density at radius 3 is 2.75 bits per heavy atom. The van der Waals surface area contributed by atoms with E-state index in [0.29, 0.717) is 25.3 Å². The van der Waals surface area contributed by atoms with Crippen molar-refractivity contribution in [2.75, 3.05) is 19.6 Å². The molecule has 3 fully saturated rings. The number of urea groups is 1. The highest BCUT2D eigenvalue weighted by atomic mass is 16.2. The third-order valence-electron chi connectivity index (χ3n) is 5.67. The van der Waals surface area contributed by atoms with Gasteiger partial charge in [0.05, 0.1) is 0 Å². The van der Waals surface area contributed by atoms with Crippen LogP contribution in [0.5, 0.6) is 0 Å². The molecule has 2 atom stereocenters. The molecule has 134 valence electrons. The highest BCUT2D eigenvalue weighted by Crippen LogP contribution is 2.35. The van der Waals surface area contributed by atoms with Crippen LogP contribution in [0.2, 0.25) is 0 Å². The molecule has 0 bridgehead atoms. The Morgan fingerprint density at radius 2 is 2.08 bits per heavy atom. The molecule has 4 amide bonds. The number of carbonyl (C=O) groups is 3. The minimum atomic E-state index is -0.762. The molecule has 2 aliphatic heterocycles. The van der Waals surface area contributed by atoms with E-state index in [1.165, 1.54) is 12.8 Å². The zero-order valence-corrected chi connectivity index (χ0v) is 14.4. The average Bonchev–Trinajstić information content (AvgIpc) is 3.14. The van der Waals surface area contributed by atoms with Gasteiger partial charge in [-0.15, -0.1) is 0 Å². The van der Waals surface area contributed by atoms with E-state index in [9.17, 15) is 14.4 Å². The fraction of sp³-hybridized carbons (Fsp3) is 0.824. The second-order valence-corrected chi connectivity index (χ2v) is 7.36. The lowest BCUT2D eigenvalue weighted by Crippen LogP contribution is -2.50. The van der Waals surface area contributed by atoms with Crippen molar-refractivity contribution in [2.45, 2.75) is 63.5 Å². The van der Waals surface area contributed by atoms with Crippen molar-refractivity contribution < 1.29 is 14.4 Å². The summed E-state index contributed by atoms with van der Waals surface area (Å²) in [5.74, 6) is 0.106. The number of piperidine rings is 1. The summed E-state index contributed by atoms with van der Waals surface area (Å²) < 4.78 is 0. The Kier molecular flexibility index (Phi) is 5.08. The number of nitrogens with one attached hydrogen (secondary N) is 3. The maximum absolute atomic E-state index is 12.7. The molecule has 3 rings (SSSR count). The zero-order valence-electron chi connectivity index (χ0n) is 14.4. The van der Waals surface area contributed by atoms with E-state index in [2.05, 4.69) is 16.0 Å². The molecule has 0 aromatic carbocycles. The molecule has 3 N–H and O–H groups in total. The molecule has 2 saturated heterocycles. The van der Waals surface area contributed by atoms with Crippen LogP contribution in [-0.4, -0.2) is 54.0 Å². The van der Waals surface area contributed by atoms with Gasteiger partial charge in [0.1, 0.15) is 11.6 Å². The largest absolute Gasteiger partial charge is 0.354 e. The van der Waals surface area contributed by atoms with Crippen LogP contribution in [0, 0.1) is 5.92 Å². The maximum atomic E-state index is 12.7. The van der Waals surface area contributed by atoms with E-state index >= 15 is 0 Å². The standard InChI is InChI=1S/C17H28N4O3/c1-12(14(22)19-10-6-13-5-4-9-18-11-13)21-15(23)17(20-16(21)24)7-2-3-8-17/h12-13,18H,2-11H2,1H3,(H,19,22)(H,20,24). The predicted octanol–water partition coefficient (Wildman–Crippen LogP) is 0.745. The second-order valence-electron chi connectivity index (χ2n) is 7.36. The van der Waals surface area contributed by atoms with E-state index in [-0.39, 0.29) is 11.8 Å². The van der Waals surface area contributed by atoms with Gasteiger partial charge in [-0.3, -0.25) is 9.59 Å². The number of carbonyl (C=O) groups excluding carboxylic acids is 3. The molecule has 0 aromatic rings. The number of hydrogen-bond acceptors (Lipinski definition) is 4. The summed E-state index contributed by atoms with van der Waals surface area (Å²) in [6.07, 6.45) is 6.53.